The van der Waals surface area contributed by atoms with Gasteiger partial charge in [-0.05, 0) is 74.9 Å². The molecule has 6 rings (SSSR count). The first-order valence-corrected chi connectivity index (χ1v) is 14.5. The van der Waals surface area contributed by atoms with Gasteiger partial charge in [-0.2, -0.15) is 5.10 Å². The number of sulfonamides is 1. The van der Waals surface area contributed by atoms with Gasteiger partial charge >= 0.3 is 0 Å². The largest absolute Gasteiger partial charge is 0.339 e. The van der Waals surface area contributed by atoms with Crippen LogP contribution in [0.4, 0.5) is 11.5 Å². The van der Waals surface area contributed by atoms with Gasteiger partial charge in [-0.1, -0.05) is 36.4 Å². The molecule has 0 unspecified atom stereocenters. The van der Waals surface area contributed by atoms with Crippen LogP contribution in [0.15, 0.2) is 90.1 Å². The Kier molecular flexibility index (Phi) is 6.90. The molecule has 3 heterocycles. The summed E-state index contributed by atoms with van der Waals surface area (Å²) in [6, 6.07) is 25.1. The van der Waals surface area contributed by atoms with Crippen molar-refractivity contribution in [3.63, 3.8) is 0 Å². The van der Waals surface area contributed by atoms with E-state index in [1.165, 1.54) is 5.56 Å². The molecule has 2 aromatic heterocycles. The number of likely N-dealkylation sites (tertiary alicyclic amines) is 1. The minimum Gasteiger partial charge on any atom is -0.339 e. The lowest BCUT2D eigenvalue weighted by Gasteiger charge is -2.29. The molecule has 0 radical (unpaired) electrons. The van der Waals surface area contributed by atoms with Crippen LogP contribution in [-0.4, -0.2) is 59.2 Å². The summed E-state index contributed by atoms with van der Waals surface area (Å²) in [5.74, 6) is 0.642. The van der Waals surface area contributed by atoms with E-state index in [9.17, 15) is 8.42 Å². The van der Waals surface area contributed by atoms with Crippen molar-refractivity contribution in [2.75, 3.05) is 25.5 Å². The molecule has 0 amide bonds. The highest BCUT2D eigenvalue weighted by atomic mass is 32.2. The van der Waals surface area contributed by atoms with Crippen LogP contribution in [-0.2, 0) is 16.6 Å². The van der Waals surface area contributed by atoms with Crippen molar-refractivity contribution in [2.45, 2.75) is 30.3 Å². The lowest BCUT2D eigenvalue weighted by Crippen LogP contribution is -2.43. The fraction of sp³-hybridized carbons (Fsp3) is 0.241. The smallest absolute Gasteiger partial charge is 0.240 e. The number of aromatic nitrogens is 4. The number of rotatable bonds is 8. The minimum absolute atomic E-state index is 0.0253. The van der Waals surface area contributed by atoms with Crippen molar-refractivity contribution >= 4 is 32.6 Å². The standard InChI is InChI=1S/C29H31N7O2S/c1-35-15-13-24(14-16-35)34-39(37,38)25-10-8-23(9-11-25)31-29-18-27(32-33-29)22-7-12-26-28(17-22)36(20-30-26)19-21-5-3-2-4-6-21/h2-12,17-18,20,24,34H,13-16,19H2,1H3,(H2,31,32,33). The molecule has 3 N–H and O–H groups in total. The molecule has 0 spiro atoms. The predicted octanol–water partition coefficient (Wildman–Crippen LogP) is 4.59. The summed E-state index contributed by atoms with van der Waals surface area (Å²) in [4.78, 5) is 7.02. The fourth-order valence-electron chi connectivity index (χ4n) is 4.94. The summed E-state index contributed by atoms with van der Waals surface area (Å²) in [5.41, 5.74) is 5.82. The number of H-pyrrole nitrogens is 1. The molecule has 0 atom stereocenters. The number of imidazole rings is 1. The van der Waals surface area contributed by atoms with E-state index in [-0.39, 0.29) is 10.9 Å². The van der Waals surface area contributed by atoms with Crippen LogP contribution in [0, 0.1) is 0 Å². The van der Waals surface area contributed by atoms with Crippen LogP contribution in [0.2, 0.25) is 0 Å². The molecule has 0 aliphatic carbocycles. The third kappa shape index (κ3) is 5.73. The zero-order valence-corrected chi connectivity index (χ0v) is 22.5. The van der Waals surface area contributed by atoms with Crippen LogP contribution in [0.1, 0.15) is 18.4 Å². The summed E-state index contributed by atoms with van der Waals surface area (Å²) < 4.78 is 30.7. The molecule has 1 aliphatic heterocycles. The molecule has 0 bridgehead atoms. The number of anilines is 2. The second-order valence-corrected chi connectivity index (χ2v) is 11.8. The second kappa shape index (κ2) is 10.6. The van der Waals surface area contributed by atoms with Crippen LogP contribution in [0.3, 0.4) is 0 Å². The molecule has 1 aliphatic rings. The van der Waals surface area contributed by atoms with Gasteiger partial charge in [0.25, 0.3) is 0 Å². The van der Waals surface area contributed by atoms with Crippen LogP contribution in [0.25, 0.3) is 22.3 Å². The summed E-state index contributed by atoms with van der Waals surface area (Å²) in [6.45, 7) is 2.54. The van der Waals surface area contributed by atoms with Crippen LogP contribution in [0.5, 0.6) is 0 Å². The van der Waals surface area contributed by atoms with Gasteiger partial charge in [0, 0.05) is 29.9 Å². The molecule has 5 aromatic rings. The number of nitrogens with zero attached hydrogens (tertiary/aromatic N) is 4. The first-order chi connectivity index (χ1) is 18.9. The van der Waals surface area contributed by atoms with Gasteiger partial charge in [0.15, 0.2) is 5.82 Å². The van der Waals surface area contributed by atoms with Crippen molar-refractivity contribution in [2.24, 2.45) is 0 Å². The monoisotopic (exact) mass is 541 g/mol. The first-order valence-electron chi connectivity index (χ1n) is 13.1. The van der Waals surface area contributed by atoms with E-state index in [0.29, 0.717) is 5.82 Å². The van der Waals surface area contributed by atoms with Gasteiger partial charge < -0.3 is 14.8 Å². The lowest BCUT2D eigenvalue weighted by atomic mass is 10.1. The summed E-state index contributed by atoms with van der Waals surface area (Å²) >= 11 is 0. The molecule has 9 nitrogen and oxygen atoms in total. The van der Waals surface area contributed by atoms with Gasteiger partial charge in [0.2, 0.25) is 10.0 Å². The maximum atomic E-state index is 12.8. The van der Waals surface area contributed by atoms with E-state index in [4.69, 9.17) is 0 Å². The quantitative estimate of drug-likeness (QED) is 0.265. The molecular weight excluding hydrogens is 510 g/mol. The highest BCUT2D eigenvalue weighted by Crippen LogP contribution is 2.26. The molecule has 0 saturated carbocycles. The highest BCUT2D eigenvalue weighted by molar-refractivity contribution is 7.89. The van der Waals surface area contributed by atoms with Crippen molar-refractivity contribution < 1.29 is 8.42 Å². The van der Waals surface area contributed by atoms with Gasteiger partial charge in [-0.25, -0.2) is 18.1 Å². The molecule has 1 saturated heterocycles. The van der Waals surface area contributed by atoms with Crippen molar-refractivity contribution in [1.82, 2.24) is 29.4 Å². The molecule has 3 aromatic carbocycles. The molecule has 39 heavy (non-hydrogen) atoms. The third-order valence-electron chi connectivity index (χ3n) is 7.18. The number of hydrogen-bond donors (Lipinski definition) is 3. The van der Waals surface area contributed by atoms with Gasteiger partial charge in [-0.15, -0.1) is 0 Å². The van der Waals surface area contributed by atoms with E-state index < -0.39 is 10.0 Å². The van der Waals surface area contributed by atoms with Crippen LogP contribution < -0.4 is 10.0 Å². The van der Waals surface area contributed by atoms with Gasteiger partial charge in [0.05, 0.1) is 28.0 Å². The van der Waals surface area contributed by atoms with E-state index in [1.54, 1.807) is 24.3 Å². The number of piperidine rings is 1. The second-order valence-electron chi connectivity index (χ2n) is 10.1. The first kappa shape index (κ1) is 25.3. The number of hydrogen-bond acceptors (Lipinski definition) is 6. The van der Waals surface area contributed by atoms with Crippen molar-refractivity contribution in [1.29, 1.82) is 0 Å². The summed E-state index contributed by atoms with van der Waals surface area (Å²) in [6.07, 6.45) is 3.51. The zero-order chi connectivity index (χ0) is 26.8. The average Bonchev–Trinajstić information content (AvgIpc) is 3.58. The van der Waals surface area contributed by atoms with Gasteiger partial charge in [0.1, 0.15) is 0 Å². The number of benzene rings is 3. The Balaban J connectivity index is 1.14. The Hall–Kier alpha value is -3.99. The zero-order valence-electron chi connectivity index (χ0n) is 21.7. The Labute approximate surface area is 227 Å². The SMILES string of the molecule is CN1CCC(NS(=O)(=O)c2ccc(Nc3cc(-c4ccc5ncn(Cc6ccccc6)c5c4)[nH]n3)cc2)CC1. The highest BCUT2D eigenvalue weighted by Gasteiger charge is 2.23. The Bertz CT molecular complexity index is 1670. The Morgan fingerprint density at radius 2 is 1.74 bits per heavy atom. The number of fused-ring (bicyclic) bond motifs is 1. The van der Waals surface area contributed by atoms with Crippen molar-refractivity contribution in [3.05, 3.63) is 90.8 Å². The number of nitrogens with one attached hydrogen (secondary N) is 3. The predicted molar refractivity (Wildman–Crippen MR) is 153 cm³/mol. The van der Waals surface area contributed by atoms with Gasteiger partial charge in [-0.3, -0.25) is 5.10 Å². The lowest BCUT2D eigenvalue weighted by molar-refractivity contribution is 0.248. The number of aromatic amines is 1. The minimum atomic E-state index is -3.56. The third-order valence-corrected chi connectivity index (χ3v) is 8.72. The maximum absolute atomic E-state index is 12.8. The Morgan fingerprint density at radius 1 is 0.974 bits per heavy atom. The average molecular weight is 542 g/mol. The maximum Gasteiger partial charge on any atom is 0.240 e. The van der Waals surface area contributed by atoms with E-state index in [1.807, 2.05) is 42.7 Å². The summed E-state index contributed by atoms with van der Waals surface area (Å²) in [5, 5.41) is 10.8. The fourth-order valence-corrected chi connectivity index (χ4v) is 6.25. The normalized spacial score (nSPS) is 15.1. The topological polar surface area (TPSA) is 108 Å². The summed E-state index contributed by atoms with van der Waals surface area (Å²) in [7, 11) is -1.51. The van der Waals surface area contributed by atoms with E-state index in [0.717, 1.165) is 60.5 Å². The molecule has 10 heteroatoms. The van der Waals surface area contributed by atoms with E-state index in [2.05, 4.69) is 59.9 Å². The van der Waals surface area contributed by atoms with E-state index >= 15 is 0 Å². The van der Waals surface area contributed by atoms with Crippen LogP contribution >= 0.6 is 0 Å². The molecule has 1 fully saturated rings. The Morgan fingerprint density at radius 3 is 2.51 bits per heavy atom. The van der Waals surface area contributed by atoms with Crippen molar-refractivity contribution in [3.8, 4) is 11.3 Å². The molecular formula is C29H31N7O2S. The molecule has 200 valence electrons.